The van der Waals surface area contributed by atoms with E-state index in [1.54, 1.807) is 18.2 Å². The molecule has 2 saturated heterocycles. The minimum atomic E-state index is -0.968. The standard InChI is InChI=1S/C37H40N8O4/c1-19-12-24(16-39-33(19)43-11-10-29(46)37(43)48)25-8-6-21-14-28(44(34(21)40-25)17-20-4-5-20)35-41-26-13-23(15-30(49-3)32(26)42(35)2)36(47)45-18-22-7-9-27(45)31(22)38/h6,8,12-16,20,22,27,29,31,46H,4-5,7,9-11,17-18,38H2,1-3H3. The van der Waals surface area contributed by atoms with Crippen molar-refractivity contribution in [1.82, 2.24) is 29.0 Å². The predicted octanol–water partition coefficient (Wildman–Crippen LogP) is 4.04. The number of fused-ring (bicyclic) bond motifs is 4. The Balaban J connectivity index is 1.11. The van der Waals surface area contributed by atoms with Crippen LogP contribution in [0.1, 0.15) is 48.0 Å². The van der Waals surface area contributed by atoms with Gasteiger partial charge in [-0.25, -0.2) is 15.0 Å². The summed E-state index contributed by atoms with van der Waals surface area (Å²) in [5.74, 6) is 2.59. The van der Waals surface area contributed by atoms with Gasteiger partial charge < -0.3 is 29.6 Å². The Morgan fingerprint density at radius 1 is 1.08 bits per heavy atom. The first-order chi connectivity index (χ1) is 23.7. The van der Waals surface area contributed by atoms with Gasteiger partial charge in [0, 0.05) is 67.9 Å². The van der Waals surface area contributed by atoms with Crippen LogP contribution in [0.25, 0.3) is 44.8 Å². The van der Waals surface area contributed by atoms with E-state index in [2.05, 4.69) is 26.3 Å². The number of likely N-dealkylation sites (tertiary alicyclic amines) is 1. The zero-order valence-corrected chi connectivity index (χ0v) is 28.0. The highest BCUT2D eigenvalue weighted by atomic mass is 16.5. The second-order valence-electron chi connectivity index (χ2n) is 14.3. The highest BCUT2D eigenvalue weighted by Gasteiger charge is 2.47. The van der Waals surface area contributed by atoms with Crippen molar-refractivity contribution in [1.29, 1.82) is 0 Å². The van der Waals surface area contributed by atoms with Gasteiger partial charge in [-0.1, -0.05) is 0 Å². The van der Waals surface area contributed by atoms with Gasteiger partial charge in [-0.2, -0.15) is 0 Å². The van der Waals surface area contributed by atoms with Gasteiger partial charge in [0.1, 0.15) is 28.8 Å². The number of carbonyl (C=O) groups is 2. The number of methoxy groups -OCH3 is 1. The first-order valence-electron chi connectivity index (χ1n) is 17.3. The van der Waals surface area contributed by atoms with Crippen molar-refractivity contribution in [3.05, 3.63) is 53.7 Å². The molecule has 0 radical (unpaired) electrons. The number of benzene rings is 1. The van der Waals surface area contributed by atoms with E-state index in [-0.39, 0.29) is 23.9 Å². The molecule has 5 aromatic rings. The number of rotatable bonds is 7. The van der Waals surface area contributed by atoms with E-state index in [4.69, 9.17) is 20.4 Å². The number of nitrogens with zero attached hydrogens (tertiary/aromatic N) is 7. The molecule has 4 unspecified atom stereocenters. The number of anilines is 1. The minimum absolute atomic E-state index is 0.0167. The van der Waals surface area contributed by atoms with Crippen LogP contribution in [0.3, 0.4) is 0 Å². The fourth-order valence-electron chi connectivity index (χ4n) is 8.35. The number of aliphatic hydroxyl groups excluding tert-OH is 1. The molecule has 2 aliphatic carbocycles. The smallest absolute Gasteiger partial charge is 0.257 e. The number of amides is 2. The molecule has 2 amide bonds. The summed E-state index contributed by atoms with van der Waals surface area (Å²) in [6.07, 6.45) is 5.59. The summed E-state index contributed by atoms with van der Waals surface area (Å²) in [5.41, 5.74) is 12.9. The fraction of sp³-hybridized carbons (Fsp3) is 0.432. The van der Waals surface area contributed by atoms with Crippen LogP contribution in [-0.2, 0) is 18.4 Å². The van der Waals surface area contributed by atoms with Crippen LogP contribution in [0.15, 0.2) is 42.6 Å². The molecule has 2 saturated carbocycles. The Labute approximate surface area is 283 Å². The number of pyridine rings is 2. The van der Waals surface area contributed by atoms with E-state index in [0.29, 0.717) is 54.0 Å². The summed E-state index contributed by atoms with van der Waals surface area (Å²) in [6, 6.07) is 12.1. The van der Waals surface area contributed by atoms with Crippen molar-refractivity contribution < 1.29 is 19.4 Å². The van der Waals surface area contributed by atoms with Crippen LogP contribution in [0.2, 0.25) is 0 Å². The molecule has 252 valence electrons. The van der Waals surface area contributed by atoms with E-state index in [1.807, 2.05) is 43.1 Å². The first-order valence-corrected chi connectivity index (χ1v) is 17.3. The molecule has 0 spiro atoms. The lowest BCUT2D eigenvalue weighted by Crippen LogP contribution is -2.41. The molecule has 2 bridgehead atoms. The van der Waals surface area contributed by atoms with E-state index < -0.39 is 6.10 Å². The van der Waals surface area contributed by atoms with E-state index in [9.17, 15) is 14.7 Å². The molecule has 1 aromatic carbocycles. The molecular weight excluding hydrogens is 620 g/mol. The highest BCUT2D eigenvalue weighted by molar-refractivity contribution is 6.01. The lowest BCUT2D eigenvalue weighted by atomic mass is 10.1. The summed E-state index contributed by atoms with van der Waals surface area (Å²) >= 11 is 0. The number of ether oxygens (including phenoxy) is 1. The molecule has 12 heteroatoms. The van der Waals surface area contributed by atoms with Crippen molar-refractivity contribution in [2.45, 2.75) is 63.8 Å². The zero-order chi connectivity index (χ0) is 33.7. The van der Waals surface area contributed by atoms with Crippen molar-refractivity contribution in [3.63, 3.8) is 0 Å². The van der Waals surface area contributed by atoms with E-state index >= 15 is 0 Å². The number of hydrogen-bond acceptors (Lipinski definition) is 8. The Hall–Kier alpha value is -4.81. The Kier molecular flexibility index (Phi) is 6.86. The van der Waals surface area contributed by atoms with Gasteiger partial charge in [0.15, 0.2) is 5.82 Å². The monoisotopic (exact) mass is 660 g/mol. The van der Waals surface area contributed by atoms with Gasteiger partial charge in [-0.05, 0) is 86.4 Å². The van der Waals surface area contributed by atoms with Crippen LogP contribution in [0.5, 0.6) is 5.75 Å². The normalized spacial score (nSPS) is 23.5. The number of piperidine rings is 1. The number of hydrogen-bond donors (Lipinski definition) is 2. The molecule has 3 N–H and O–H groups in total. The van der Waals surface area contributed by atoms with Crippen molar-refractivity contribution in [3.8, 4) is 28.5 Å². The fourth-order valence-corrected chi connectivity index (χ4v) is 8.35. The average Bonchev–Trinajstić information content (AvgIpc) is 3.27. The third-order valence-corrected chi connectivity index (χ3v) is 11.2. The second-order valence-corrected chi connectivity index (χ2v) is 14.3. The first kappa shape index (κ1) is 30.3. The topological polar surface area (TPSA) is 145 Å². The molecule has 6 heterocycles. The summed E-state index contributed by atoms with van der Waals surface area (Å²) < 4.78 is 10.2. The number of carbonyl (C=O) groups excluding carboxylic acids is 2. The van der Waals surface area contributed by atoms with Gasteiger partial charge in [-0.15, -0.1) is 0 Å². The lowest BCUT2D eigenvalue weighted by Gasteiger charge is -2.27. The number of aromatic nitrogens is 5. The van der Waals surface area contributed by atoms with Gasteiger partial charge in [-0.3, -0.25) is 14.5 Å². The Bertz CT molecular complexity index is 2180. The summed E-state index contributed by atoms with van der Waals surface area (Å²) in [7, 11) is 3.62. The summed E-state index contributed by atoms with van der Waals surface area (Å²) in [6.45, 7) is 3.91. The molecule has 9 rings (SSSR count). The molecule has 12 nitrogen and oxygen atoms in total. The Morgan fingerprint density at radius 2 is 1.92 bits per heavy atom. The zero-order valence-electron chi connectivity index (χ0n) is 28.0. The van der Waals surface area contributed by atoms with Crippen molar-refractivity contribution >= 4 is 39.7 Å². The van der Waals surface area contributed by atoms with Crippen molar-refractivity contribution in [2.75, 3.05) is 25.1 Å². The maximum Gasteiger partial charge on any atom is 0.257 e. The third-order valence-electron chi connectivity index (χ3n) is 11.2. The van der Waals surface area contributed by atoms with Crippen LogP contribution < -0.4 is 15.4 Å². The summed E-state index contributed by atoms with van der Waals surface area (Å²) in [4.78, 5) is 44.7. The quantitative estimate of drug-likeness (QED) is 0.266. The molecule has 4 aliphatic rings. The minimum Gasteiger partial charge on any atom is -0.494 e. The maximum atomic E-state index is 13.8. The molecule has 4 atom stereocenters. The predicted molar refractivity (Wildman–Crippen MR) is 185 cm³/mol. The van der Waals surface area contributed by atoms with E-state index in [1.165, 1.54) is 12.8 Å². The molecule has 4 fully saturated rings. The Morgan fingerprint density at radius 3 is 2.59 bits per heavy atom. The summed E-state index contributed by atoms with van der Waals surface area (Å²) in [5, 5.41) is 11.0. The molecule has 4 aromatic heterocycles. The van der Waals surface area contributed by atoms with E-state index in [0.717, 1.165) is 64.3 Å². The highest BCUT2D eigenvalue weighted by Crippen LogP contribution is 2.40. The molecule has 2 aliphatic heterocycles. The van der Waals surface area contributed by atoms with Crippen molar-refractivity contribution in [2.24, 2.45) is 24.6 Å². The third kappa shape index (κ3) is 4.75. The van der Waals surface area contributed by atoms with Gasteiger partial charge in [0.05, 0.1) is 24.0 Å². The van der Waals surface area contributed by atoms with Gasteiger partial charge in [0.25, 0.3) is 11.8 Å². The van der Waals surface area contributed by atoms with Crippen LogP contribution in [0.4, 0.5) is 5.82 Å². The van der Waals surface area contributed by atoms with Crippen LogP contribution in [0, 0.1) is 18.8 Å². The molecule has 49 heavy (non-hydrogen) atoms. The SMILES string of the molecule is COc1cc(C(=O)N2CC3CCC2C3N)cc2nc(-c3cc4ccc(-c5cnc(N6CCC(O)C6=O)c(C)c5)nc4n3CC3CC3)n(C)c12. The second kappa shape index (κ2) is 11.1. The van der Waals surface area contributed by atoms with Gasteiger partial charge in [0.2, 0.25) is 0 Å². The van der Waals surface area contributed by atoms with Crippen LogP contribution >= 0.6 is 0 Å². The lowest BCUT2D eigenvalue weighted by molar-refractivity contribution is -0.124. The maximum absolute atomic E-state index is 13.8. The number of aliphatic hydroxyl groups is 1. The largest absolute Gasteiger partial charge is 0.494 e. The molecular formula is C37H40N8O4. The number of aryl methyl sites for hydroxylation is 2. The average molecular weight is 661 g/mol. The number of nitrogens with two attached hydrogens (primary N) is 1. The van der Waals surface area contributed by atoms with Gasteiger partial charge >= 0.3 is 0 Å². The van der Waals surface area contributed by atoms with Crippen LogP contribution in [-0.4, -0.2) is 84.3 Å². The number of imidazole rings is 1.